The van der Waals surface area contributed by atoms with Crippen molar-refractivity contribution in [2.45, 2.75) is 32.1 Å². The number of nitrogens with zero attached hydrogens (tertiary/aromatic N) is 1. The number of hydrogen-bond acceptors (Lipinski definition) is 6. The lowest BCUT2D eigenvalue weighted by Crippen LogP contribution is -2.15. The molecule has 1 aliphatic rings. The zero-order valence-corrected chi connectivity index (χ0v) is 15.7. The zero-order valence-electron chi connectivity index (χ0n) is 15.7. The molecule has 1 aromatic rings. The van der Waals surface area contributed by atoms with Gasteiger partial charge >= 0.3 is 5.97 Å². The predicted molar refractivity (Wildman–Crippen MR) is 103 cm³/mol. The molecule has 1 unspecified atom stereocenters. The normalized spacial score (nSPS) is 14.0. The largest absolute Gasteiger partial charge is 0.465 e. The van der Waals surface area contributed by atoms with Crippen molar-refractivity contribution in [3.8, 4) is 0 Å². The van der Waals surface area contributed by atoms with Crippen LogP contribution >= 0.6 is 0 Å². The van der Waals surface area contributed by atoms with Crippen molar-refractivity contribution >= 4 is 11.8 Å². The lowest BCUT2D eigenvalue weighted by molar-refractivity contribution is -0.757. The van der Waals surface area contributed by atoms with Crippen molar-refractivity contribution in [3.63, 3.8) is 0 Å². The Labute approximate surface area is 163 Å². The Balaban J connectivity index is 1.92. The maximum atomic E-state index is 12.7. The van der Waals surface area contributed by atoms with Crippen LogP contribution in [0.1, 0.15) is 48.0 Å². The molecule has 1 atom stereocenters. The van der Waals surface area contributed by atoms with Crippen molar-refractivity contribution in [1.82, 2.24) is 0 Å². The molecule has 0 N–H and O–H groups in total. The van der Waals surface area contributed by atoms with Gasteiger partial charge in [0.25, 0.3) is 5.09 Å². The Morgan fingerprint density at radius 2 is 2.00 bits per heavy atom. The summed E-state index contributed by atoms with van der Waals surface area (Å²) < 4.78 is 5.22. The van der Waals surface area contributed by atoms with Gasteiger partial charge in [-0.05, 0) is 37.8 Å². The highest BCUT2D eigenvalue weighted by atomic mass is 16.9. The van der Waals surface area contributed by atoms with Gasteiger partial charge in [0.1, 0.15) is 0 Å². The molecule has 0 saturated heterocycles. The summed E-state index contributed by atoms with van der Waals surface area (Å²) >= 11 is 0. The molecular weight excluding hydrogens is 362 g/mol. The molecule has 0 amide bonds. The van der Waals surface area contributed by atoms with Gasteiger partial charge in [0.15, 0.2) is 5.78 Å². The maximum absolute atomic E-state index is 12.7. The minimum Gasteiger partial charge on any atom is -0.465 e. The number of carbonyl (C=O) groups is 2. The third kappa shape index (κ3) is 6.50. The first-order valence-corrected chi connectivity index (χ1v) is 9.11. The standard InChI is InChI=1S/C21H23NO6/c1-16(21(24)27-13-6-7-14-28-22(25)26)18-11-8-12-19(15-18)20(23)17-9-4-2-3-5-10-17/h2,4-5,8-12,15-16H,3,6-7,13-14H2,1H3. The molecule has 1 aliphatic carbocycles. The zero-order chi connectivity index (χ0) is 20.4. The van der Waals surface area contributed by atoms with Crippen LogP contribution in [0.2, 0.25) is 0 Å². The van der Waals surface area contributed by atoms with E-state index in [4.69, 9.17) is 4.74 Å². The SMILES string of the molecule is CC(C(=O)OCCCCO[N+](=O)[O-])c1cccc(C(=O)C2=CC=CCC=C2)c1. The van der Waals surface area contributed by atoms with Crippen LogP contribution in [0.15, 0.2) is 60.2 Å². The minimum absolute atomic E-state index is 0.0241. The Bertz CT molecular complexity index is 809. The third-order valence-corrected chi connectivity index (χ3v) is 4.23. The Morgan fingerprint density at radius 1 is 1.21 bits per heavy atom. The summed E-state index contributed by atoms with van der Waals surface area (Å²) in [5, 5.41) is 9.20. The summed E-state index contributed by atoms with van der Waals surface area (Å²) in [6, 6.07) is 6.97. The molecule has 0 radical (unpaired) electrons. The van der Waals surface area contributed by atoms with Crippen LogP contribution in [0.25, 0.3) is 0 Å². The van der Waals surface area contributed by atoms with Crippen molar-refractivity contribution in [3.05, 3.63) is 81.5 Å². The van der Waals surface area contributed by atoms with E-state index in [9.17, 15) is 19.7 Å². The fourth-order valence-electron chi connectivity index (χ4n) is 2.62. The lowest BCUT2D eigenvalue weighted by Gasteiger charge is -2.13. The van der Waals surface area contributed by atoms with Gasteiger partial charge in [-0.25, -0.2) is 0 Å². The number of ketones is 1. The number of ether oxygens (including phenoxy) is 1. The summed E-state index contributed by atoms with van der Waals surface area (Å²) in [6.07, 6.45) is 11.0. The molecule has 0 fully saturated rings. The highest BCUT2D eigenvalue weighted by Gasteiger charge is 2.19. The van der Waals surface area contributed by atoms with Gasteiger partial charge in [-0.3, -0.25) is 9.59 Å². The Hall–Kier alpha value is -3.22. The van der Waals surface area contributed by atoms with Crippen LogP contribution in [-0.4, -0.2) is 30.1 Å². The van der Waals surface area contributed by atoms with E-state index in [0.717, 1.165) is 6.42 Å². The van der Waals surface area contributed by atoms with Crippen molar-refractivity contribution in [1.29, 1.82) is 0 Å². The summed E-state index contributed by atoms with van der Waals surface area (Å²) in [6.45, 7) is 1.85. The van der Waals surface area contributed by atoms with Crippen molar-refractivity contribution < 1.29 is 24.3 Å². The van der Waals surface area contributed by atoms with Crippen LogP contribution in [0.3, 0.4) is 0 Å². The van der Waals surface area contributed by atoms with Crippen LogP contribution in [-0.2, 0) is 14.4 Å². The molecule has 0 saturated carbocycles. The van der Waals surface area contributed by atoms with Gasteiger partial charge in [-0.15, -0.1) is 10.1 Å². The number of hydrogen-bond donors (Lipinski definition) is 0. The first-order chi connectivity index (χ1) is 13.5. The first-order valence-electron chi connectivity index (χ1n) is 9.11. The molecule has 2 rings (SSSR count). The lowest BCUT2D eigenvalue weighted by atomic mass is 9.95. The average Bonchev–Trinajstić information content (AvgIpc) is 2.98. The van der Waals surface area contributed by atoms with Gasteiger partial charge in [0, 0.05) is 11.1 Å². The summed E-state index contributed by atoms with van der Waals surface area (Å²) in [7, 11) is 0. The van der Waals surface area contributed by atoms with Gasteiger partial charge < -0.3 is 9.57 Å². The number of esters is 1. The number of unbranched alkanes of at least 4 members (excludes halogenated alkanes) is 1. The van der Waals surface area contributed by atoms with Crippen molar-refractivity contribution in [2.75, 3.05) is 13.2 Å². The highest BCUT2D eigenvalue weighted by Crippen LogP contribution is 2.21. The first kappa shape index (κ1) is 21.1. The van der Waals surface area contributed by atoms with E-state index >= 15 is 0 Å². The molecule has 0 bridgehead atoms. The number of benzene rings is 1. The van der Waals surface area contributed by atoms with Crippen LogP contribution in [0.4, 0.5) is 0 Å². The molecule has 7 nitrogen and oxygen atoms in total. The molecule has 1 aromatic carbocycles. The van der Waals surface area contributed by atoms with Gasteiger partial charge in [0.05, 0.1) is 19.1 Å². The molecular formula is C21H23NO6. The molecule has 0 aromatic heterocycles. The number of rotatable bonds is 10. The second kappa shape index (κ2) is 10.8. The van der Waals surface area contributed by atoms with Gasteiger partial charge in [0.2, 0.25) is 0 Å². The monoisotopic (exact) mass is 385 g/mol. The minimum atomic E-state index is -0.848. The fraction of sp³-hybridized carbons (Fsp3) is 0.333. The van der Waals surface area contributed by atoms with Gasteiger partial charge in [-0.1, -0.05) is 48.6 Å². The molecule has 28 heavy (non-hydrogen) atoms. The second-order valence-electron chi connectivity index (χ2n) is 6.30. The van der Waals surface area contributed by atoms with E-state index < -0.39 is 17.0 Å². The van der Waals surface area contributed by atoms with Gasteiger partial charge in [-0.2, -0.15) is 0 Å². The smallest absolute Gasteiger partial charge is 0.313 e. The third-order valence-electron chi connectivity index (χ3n) is 4.23. The average molecular weight is 385 g/mol. The molecule has 0 heterocycles. The summed E-state index contributed by atoms with van der Waals surface area (Å²) in [5.41, 5.74) is 1.81. The number of allylic oxidation sites excluding steroid dienone is 6. The molecule has 7 heteroatoms. The number of Topliss-reactive ketones (excluding diaryl/α,β-unsaturated/α-hetero) is 1. The fourth-order valence-corrected chi connectivity index (χ4v) is 2.62. The number of carbonyl (C=O) groups excluding carboxylic acids is 2. The van der Waals surface area contributed by atoms with Crippen molar-refractivity contribution in [2.24, 2.45) is 0 Å². The quantitative estimate of drug-likeness (QED) is 0.199. The Kier molecular flexibility index (Phi) is 8.14. The van der Waals surface area contributed by atoms with E-state index in [0.29, 0.717) is 29.5 Å². The van der Waals surface area contributed by atoms with E-state index in [2.05, 4.69) is 4.84 Å². The highest BCUT2D eigenvalue weighted by molar-refractivity contribution is 6.10. The van der Waals surface area contributed by atoms with E-state index in [1.807, 2.05) is 18.2 Å². The van der Waals surface area contributed by atoms with E-state index in [1.54, 1.807) is 43.3 Å². The summed E-state index contributed by atoms with van der Waals surface area (Å²) in [4.78, 5) is 39.2. The van der Waals surface area contributed by atoms with Crippen LogP contribution < -0.4 is 0 Å². The molecule has 0 spiro atoms. The Morgan fingerprint density at radius 3 is 2.79 bits per heavy atom. The van der Waals surface area contributed by atoms with Crippen LogP contribution in [0, 0.1) is 10.1 Å². The van der Waals surface area contributed by atoms with Crippen LogP contribution in [0.5, 0.6) is 0 Å². The second-order valence-corrected chi connectivity index (χ2v) is 6.30. The molecule has 148 valence electrons. The summed E-state index contributed by atoms with van der Waals surface area (Å²) in [5.74, 6) is -1.03. The molecule has 0 aliphatic heterocycles. The van der Waals surface area contributed by atoms with E-state index in [-0.39, 0.29) is 19.0 Å². The predicted octanol–water partition coefficient (Wildman–Crippen LogP) is 3.95. The maximum Gasteiger partial charge on any atom is 0.313 e. The van der Waals surface area contributed by atoms with E-state index in [1.165, 1.54) is 0 Å². The topological polar surface area (TPSA) is 95.7 Å².